The van der Waals surface area contributed by atoms with Crippen molar-refractivity contribution in [3.05, 3.63) is 17.5 Å². The van der Waals surface area contributed by atoms with Gasteiger partial charge in [-0.3, -0.25) is 9.48 Å². The molecule has 1 amide bonds. The third-order valence-corrected chi connectivity index (χ3v) is 3.43. The highest BCUT2D eigenvalue weighted by molar-refractivity contribution is 5.92. The lowest BCUT2D eigenvalue weighted by molar-refractivity contribution is 0.0912. The van der Waals surface area contributed by atoms with Crippen LogP contribution in [0.3, 0.4) is 0 Å². The normalized spacial score (nSPS) is 19.6. The molecule has 20 heavy (non-hydrogen) atoms. The predicted octanol–water partition coefficient (Wildman–Crippen LogP) is 0.338. The number of carbonyl (C=O) groups is 1. The Morgan fingerprint density at radius 3 is 3.30 bits per heavy atom. The molecule has 1 aromatic rings. The van der Waals surface area contributed by atoms with Crippen molar-refractivity contribution in [1.29, 1.82) is 0 Å². The summed E-state index contributed by atoms with van der Waals surface area (Å²) in [6, 6.07) is 1.88. The lowest BCUT2D eigenvalue weighted by Crippen LogP contribution is -2.35. The van der Waals surface area contributed by atoms with E-state index in [-0.39, 0.29) is 5.91 Å². The number of ether oxygens (including phenoxy) is 1. The second kappa shape index (κ2) is 7.40. The minimum atomic E-state index is -0.0633. The van der Waals surface area contributed by atoms with E-state index in [0.717, 1.165) is 38.2 Å². The Kier molecular flexibility index (Phi) is 5.55. The van der Waals surface area contributed by atoms with E-state index in [1.54, 1.807) is 4.68 Å². The van der Waals surface area contributed by atoms with Crippen LogP contribution in [0.1, 0.15) is 29.5 Å². The van der Waals surface area contributed by atoms with E-state index in [0.29, 0.717) is 24.8 Å². The van der Waals surface area contributed by atoms with Crippen molar-refractivity contribution in [3.8, 4) is 0 Å². The summed E-state index contributed by atoms with van der Waals surface area (Å²) in [6.07, 6.45) is 1.94. The van der Waals surface area contributed by atoms with E-state index in [4.69, 9.17) is 4.74 Å². The van der Waals surface area contributed by atoms with Gasteiger partial charge in [0.1, 0.15) is 5.69 Å². The number of amides is 1. The lowest BCUT2D eigenvalue weighted by Gasteiger charge is -2.14. The average Bonchev–Trinajstić information content (AvgIpc) is 2.65. The zero-order valence-electron chi connectivity index (χ0n) is 12.3. The van der Waals surface area contributed by atoms with Crippen molar-refractivity contribution in [2.24, 2.45) is 13.0 Å². The largest absolute Gasteiger partial charge is 0.380 e. The summed E-state index contributed by atoms with van der Waals surface area (Å²) in [6.45, 7) is 5.93. The zero-order valence-corrected chi connectivity index (χ0v) is 12.3. The first-order valence-corrected chi connectivity index (χ1v) is 7.30. The van der Waals surface area contributed by atoms with Crippen molar-refractivity contribution < 1.29 is 9.53 Å². The number of rotatable bonds is 5. The van der Waals surface area contributed by atoms with Crippen molar-refractivity contribution in [1.82, 2.24) is 20.4 Å². The number of aromatic nitrogens is 2. The van der Waals surface area contributed by atoms with Gasteiger partial charge in [0.25, 0.3) is 5.91 Å². The Labute approximate surface area is 119 Å². The van der Waals surface area contributed by atoms with Gasteiger partial charge < -0.3 is 15.4 Å². The van der Waals surface area contributed by atoms with Crippen molar-refractivity contribution >= 4 is 5.91 Å². The summed E-state index contributed by atoms with van der Waals surface area (Å²) in [5, 5.41) is 10.6. The minimum absolute atomic E-state index is 0.0633. The molecule has 1 aliphatic rings. The summed E-state index contributed by atoms with van der Waals surface area (Å²) in [5.41, 5.74) is 1.59. The molecule has 0 radical (unpaired) electrons. The van der Waals surface area contributed by atoms with Gasteiger partial charge in [0, 0.05) is 32.6 Å². The number of hydrogen-bond acceptors (Lipinski definition) is 4. The maximum atomic E-state index is 12.2. The predicted molar refractivity (Wildman–Crippen MR) is 76.7 cm³/mol. The minimum Gasteiger partial charge on any atom is -0.380 e. The van der Waals surface area contributed by atoms with Crippen LogP contribution in [0.15, 0.2) is 6.07 Å². The van der Waals surface area contributed by atoms with Crippen LogP contribution < -0.4 is 10.6 Å². The van der Waals surface area contributed by atoms with E-state index in [2.05, 4.69) is 22.7 Å². The van der Waals surface area contributed by atoms with Crippen LogP contribution in [-0.4, -0.2) is 48.5 Å². The first-order valence-electron chi connectivity index (χ1n) is 7.30. The molecular formula is C14H24N4O2. The van der Waals surface area contributed by atoms with Crippen molar-refractivity contribution in [2.45, 2.75) is 19.8 Å². The molecule has 1 unspecified atom stereocenters. The molecule has 1 saturated heterocycles. The fourth-order valence-electron chi connectivity index (χ4n) is 2.34. The Balaban J connectivity index is 1.87. The van der Waals surface area contributed by atoms with Gasteiger partial charge in [-0.2, -0.15) is 5.10 Å². The molecule has 1 aromatic heterocycles. The standard InChI is InChI=1S/C14H24N4O2/c1-3-4-12-7-13(18(2)17-12)14(19)16-9-11-8-15-5-6-20-10-11/h7,11,15H,3-6,8-10H2,1-2H3,(H,16,19). The fourth-order valence-corrected chi connectivity index (χ4v) is 2.34. The van der Waals surface area contributed by atoms with Crippen LogP contribution in [-0.2, 0) is 18.2 Å². The maximum absolute atomic E-state index is 12.2. The smallest absolute Gasteiger partial charge is 0.269 e. The molecule has 0 aliphatic carbocycles. The molecule has 1 aliphatic heterocycles. The van der Waals surface area contributed by atoms with E-state index >= 15 is 0 Å². The van der Waals surface area contributed by atoms with Crippen LogP contribution in [0, 0.1) is 5.92 Å². The zero-order chi connectivity index (χ0) is 14.4. The quantitative estimate of drug-likeness (QED) is 0.816. The van der Waals surface area contributed by atoms with Gasteiger partial charge in [0.05, 0.1) is 18.9 Å². The summed E-state index contributed by atoms with van der Waals surface area (Å²) in [5.74, 6) is 0.261. The highest BCUT2D eigenvalue weighted by atomic mass is 16.5. The third kappa shape index (κ3) is 4.05. The van der Waals surface area contributed by atoms with E-state index in [1.165, 1.54) is 0 Å². The Morgan fingerprint density at radius 1 is 1.65 bits per heavy atom. The number of nitrogens with one attached hydrogen (secondary N) is 2. The van der Waals surface area contributed by atoms with Gasteiger partial charge in [-0.1, -0.05) is 13.3 Å². The SMILES string of the molecule is CCCc1cc(C(=O)NCC2CNCCOC2)n(C)n1. The highest BCUT2D eigenvalue weighted by Crippen LogP contribution is 2.06. The third-order valence-electron chi connectivity index (χ3n) is 3.43. The Hall–Kier alpha value is -1.40. The van der Waals surface area contributed by atoms with Gasteiger partial charge in [-0.05, 0) is 12.5 Å². The Bertz CT molecular complexity index is 436. The second-order valence-electron chi connectivity index (χ2n) is 5.25. The van der Waals surface area contributed by atoms with Crippen LogP contribution >= 0.6 is 0 Å². The van der Waals surface area contributed by atoms with Gasteiger partial charge in [0.2, 0.25) is 0 Å². The number of carbonyl (C=O) groups excluding carboxylic acids is 1. The summed E-state index contributed by atoms with van der Waals surface area (Å²) < 4.78 is 7.13. The molecule has 2 N–H and O–H groups in total. The first kappa shape index (κ1) is 15.0. The molecule has 112 valence electrons. The summed E-state index contributed by atoms with van der Waals surface area (Å²) >= 11 is 0. The van der Waals surface area contributed by atoms with Crippen LogP contribution in [0.25, 0.3) is 0 Å². The van der Waals surface area contributed by atoms with Gasteiger partial charge in [-0.15, -0.1) is 0 Å². The van der Waals surface area contributed by atoms with Crippen molar-refractivity contribution in [2.75, 3.05) is 32.8 Å². The molecule has 0 saturated carbocycles. The first-order chi connectivity index (χ1) is 9.70. The second-order valence-corrected chi connectivity index (χ2v) is 5.25. The van der Waals surface area contributed by atoms with Crippen LogP contribution in [0.5, 0.6) is 0 Å². The molecule has 1 fully saturated rings. The van der Waals surface area contributed by atoms with E-state index in [9.17, 15) is 4.79 Å². The average molecular weight is 280 g/mol. The lowest BCUT2D eigenvalue weighted by atomic mass is 10.1. The van der Waals surface area contributed by atoms with Gasteiger partial charge >= 0.3 is 0 Å². The Morgan fingerprint density at radius 2 is 2.50 bits per heavy atom. The van der Waals surface area contributed by atoms with Crippen molar-refractivity contribution in [3.63, 3.8) is 0 Å². The molecule has 2 rings (SSSR count). The summed E-state index contributed by atoms with van der Waals surface area (Å²) in [7, 11) is 1.81. The molecule has 2 heterocycles. The van der Waals surface area contributed by atoms with E-state index in [1.807, 2.05) is 13.1 Å². The molecule has 1 atom stereocenters. The topological polar surface area (TPSA) is 68.2 Å². The highest BCUT2D eigenvalue weighted by Gasteiger charge is 2.16. The molecule has 6 heteroatoms. The maximum Gasteiger partial charge on any atom is 0.269 e. The molecule has 0 aromatic carbocycles. The molecule has 6 nitrogen and oxygen atoms in total. The van der Waals surface area contributed by atoms with Crippen LogP contribution in [0.2, 0.25) is 0 Å². The number of aryl methyl sites for hydroxylation is 2. The number of nitrogens with zero attached hydrogens (tertiary/aromatic N) is 2. The summed E-state index contributed by atoms with van der Waals surface area (Å²) in [4.78, 5) is 12.2. The monoisotopic (exact) mass is 280 g/mol. The van der Waals surface area contributed by atoms with Gasteiger partial charge in [-0.25, -0.2) is 0 Å². The van der Waals surface area contributed by atoms with E-state index < -0.39 is 0 Å². The van der Waals surface area contributed by atoms with Gasteiger partial charge in [0.15, 0.2) is 0 Å². The number of hydrogen-bond donors (Lipinski definition) is 2. The van der Waals surface area contributed by atoms with Crippen LogP contribution in [0.4, 0.5) is 0 Å². The molecule has 0 spiro atoms. The molecule has 0 bridgehead atoms. The fraction of sp³-hybridized carbons (Fsp3) is 0.714. The molecular weight excluding hydrogens is 256 g/mol.